The van der Waals surface area contributed by atoms with Gasteiger partial charge in [0.25, 0.3) is 0 Å². The number of hydrogen-bond acceptors (Lipinski definition) is 3. The Balaban J connectivity index is 3.13. The van der Waals surface area contributed by atoms with Crippen LogP contribution in [0.1, 0.15) is 22.8 Å². The minimum absolute atomic E-state index is 0.363. The Morgan fingerprint density at radius 2 is 2.20 bits per heavy atom. The van der Waals surface area contributed by atoms with E-state index in [-0.39, 0.29) is 5.97 Å². The minimum atomic E-state index is -0.363. The number of esters is 1. The highest BCUT2D eigenvalue weighted by Crippen LogP contribution is 2.26. The van der Waals surface area contributed by atoms with Crippen molar-refractivity contribution >= 4 is 23.3 Å². The van der Waals surface area contributed by atoms with E-state index < -0.39 is 0 Å². The lowest BCUT2D eigenvalue weighted by molar-refractivity contribution is 0.0600. The first-order chi connectivity index (χ1) is 7.10. The van der Waals surface area contributed by atoms with E-state index in [9.17, 15) is 4.79 Å². The number of ether oxygens (including phenoxy) is 1. The van der Waals surface area contributed by atoms with Crippen LogP contribution >= 0.6 is 11.6 Å². The third-order valence-corrected chi connectivity index (χ3v) is 2.40. The molecule has 0 heterocycles. The van der Waals surface area contributed by atoms with Gasteiger partial charge in [-0.2, -0.15) is 0 Å². The summed E-state index contributed by atoms with van der Waals surface area (Å²) in [7, 11) is 1.36. The van der Waals surface area contributed by atoms with Gasteiger partial charge >= 0.3 is 5.97 Å². The molecule has 0 unspecified atom stereocenters. The third kappa shape index (κ3) is 2.63. The molecule has 0 fully saturated rings. The monoisotopic (exact) mass is 227 g/mol. The second-order valence-electron chi connectivity index (χ2n) is 3.17. The van der Waals surface area contributed by atoms with Gasteiger partial charge in [0, 0.05) is 6.54 Å². The van der Waals surface area contributed by atoms with E-state index in [1.54, 1.807) is 6.07 Å². The van der Waals surface area contributed by atoms with Gasteiger partial charge in [0.15, 0.2) is 0 Å². The Bertz CT molecular complexity index is 377. The van der Waals surface area contributed by atoms with Gasteiger partial charge in [-0.25, -0.2) is 4.79 Å². The number of hydrogen-bond donors (Lipinski definition) is 1. The molecular formula is C11H14ClNO2. The molecule has 0 aliphatic heterocycles. The van der Waals surface area contributed by atoms with Crippen LogP contribution < -0.4 is 5.32 Å². The number of carbonyl (C=O) groups excluding carboxylic acids is 1. The van der Waals surface area contributed by atoms with Crippen molar-refractivity contribution in [3.05, 3.63) is 28.3 Å². The normalized spacial score (nSPS) is 9.87. The van der Waals surface area contributed by atoms with E-state index in [0.717, 1.165) is 17.8 Å². The van der Waals surface area contributed by atoms with Crippen LogP contribution in [0.5, 0.6) is 0 Å². The lowest BCUT2D eigenvalue weighted by atomic mass is 10.1. The third-order valence-electron chi connectivity index (χ3n) is 2.09. The highest BCUT2D eigenvalue weighted by atomic mass is 35.5. The molecule has 1 aromatic carbocycles. The molecule has 1 aromatic rings. The lowest BCUT2D eigenvalue weighted by Crippen LogP contribution is -2.05. The number of rotatable bonds is 3. The second kappa shape index (κ2) is 5.03. The van der Waals surface area contributed by atoms with Crippen molar-refractivity contribution in [1.29, 1.82) is 0 Å². The van der Waals surface area contributed by atoms with Crippen molar-refractivity contribution < 1.29 is 9.53 Å². The number of aryl methyl sites for hydroxylation is 1. The van der Waals surface area contributed by atoms with Gasteiger partial charge in [0.2, 0.25) is 0 Å². The molecule has 1 rings (SSSR count). The van der Waals surface area contributed by atoms with Crippen LogP contribution in [0.15, 0.2) is 12.1 Å². The predicted molar refractivity (Wildman–Crippen MR) is 61.7 cm³/mol. The molecule has 1 N–H and O–H groups in total. The van der Waals surface area contributed by atoms with Crippen LogP contribution in [0, 0.1) is 6.92 Å². The maximum Gasteiger partial charge on any atom is 0.338 e. The number of benzene rings is 1. The van der Waals surface area contributed by atoms with Crippen molar-refractivity contribution in [3.8, 4) is 0 Å². The summed E-state index contributed by atoms with van der Waals surface area (Å²) in [5, 5.41) is 3.65. The van der Waals surface area contributed by atoms with Gasteiger partial charge in [0.1, 0.15) is 0 Å². The first kappa shape index (κ1) is 11.9. The summed E-state index contributed by atoms with van der Waals surface area (Å²) < 4.78 is 4.65. The van der Waals surface area contributed by atoms with Gasteiger partial charge in [0.05, 0.1) is 23.4 Å². The molecule has 0 aromatic heterocycles. The number of methoxy groups -OCH3 is 1. The van der Waals surface area contributed by atoms with E-state index in [2.05, 4.69) is 10.1 Å². The second-order valence-corrected chi connectivity index (χ2v) is 3.58. The van der Waals surface area contributed by atoms with Gasteiger partial charge in [-0.3, -0.25) is 0 Å². The molecule has 82 valence electrons. The van der Waals surface area contributed by atoms with Crippen molar-refractivity contribution in [2.24, 2.45) is 0 Å². The van der Waals surface area contributed by atoms with Crippen molar-refractivity contribution in [1.82, 2.24) is 0 Å². The Morgan fingerprint density at radius 3 is 2.73 bits per heavy atom. The number of nitrogens with one attached hydrogen (secondary N) is 1. The largest absolute Gasteiger partial charge is 0.465 e. The Kier molecular flexibility index (Phi) is 3.97. The first-order valence-electron chi connectivity index (χ1n) is 4.72. The highest BCUT2D eigenvalue weighted by Gasteiger charge is 2.12. The fraction of sp³-hybridized carbons (Fsp3) is 0.364. The maximum absolute atomic E-state index is 11.4. The van der Waals surface area contributed by atoms with E-state index in [1.165, 1.54) is 7.11 Å². The molecule has 0 spiro atoms. The van der Waals surface area contributed by atoms with E-state index in [4.69, 9.17) is 11.6 Å². The zero-order valence-corrected chi connectivity index (χ0v) is 9.81. The molecule has 0 aliphatic carbocycles. The Labute approximate surface area is 94.4 Å². The van der Waals surface area contributed by atoms with Gasteiger partial charge in [-0.05, 0) is 31.5 Å². The van der Waals surface area contributed by atoms with E-state index >= 15 is 0 Å². The molecule has 0 radical (unpaired) electrons. The highest BCUT2D eigenvalue weighted by molar-refractivity contribution is 6.33. The Morgan fingerprint density at radius 1 is 1.53 bits per heavy atom. The topological polar surface area (TPSA) is 38.3 Å². The van der Waals surface area contributed by atoms with Crippen LogP contribution in [0.3, 0.4) is 0 Å². The molecule has 0 saturated heterocycles. The van der Waals surface area contributed by atoms with Crippen LogP contribution in [0.25, 0.3) is 0 Å². The molecule has 0 saturated carbocycles. The summed E-state index contributed by atoms with van der Waals surface area (Å²) in [5.41, 5.74) is 2.19. The molecule has 0 amide bonds. The maximum atomic E-state index is 11.4. The summed E-state index contributed by atoms with van der Waals surface area (Å²) in [4.78, 5) is 11.4. The minimum Gasteiger partial charge on any atom is -0.465 e. The van der Waals surface area contributed by atoms with Gasteiger partial charge < -0.3 is 10.1 Å². The number of halogens is 1. The van der Waals surface area contributed by atoms with Crippen molar-refractivity contribution in [2.45, 2.75) is 13.8 Å². The standard InChI is InChI=1S/C11H14ClNO2/c1-4-13-10-5-7(2)8(6-9(10)12)11(14)15-3/h5-6,13H,4H2,1-3H3. The first-order valence-corrected chi connectivity index (χ1v) is 5.10. The van der Waals surface area contributed by atoms with Crippen LogP contribution in [0.2, 0.25) is 5.02 Å². The summed E-state index contributed by atoms with van der Waals surface area (Å²) in [6, 6.07) is 3.47. The summed E-state index contributed by atoms with van der Waals surface area (Å²) in [5.74, 6) is -0.363. The number of anilines is 1. The zero-order valence-electron chi connectivity index (χ0n) is 9.06. The Hall–Kier alpha value is -1.22. The smallest absolute Gasteiger partial charge is 0.338 e. The summed E-state index contributed by atoms with van der Waals surface area (Å²) >= 11 is 6.01. The average molecular weight is 228 g/mol. The van der Waals surface area contributed by atoms with Crippen molar-refractivity contribution in [3.63, 3.8) is 0 Å². The van der Waals surface area contributed by atoms with Crippen LogP contribution in [-0.2, 0) is 4.74 Å². The molecule has 0 bridgehead atoms. The summed E-state index contributed by atoms with van der Waals surface area (Å²) in [6.45, 7) is 4.63. The van der Waals surface area contributed by atoms with Gasteiger partial charge in [-0.15, -0.1) is 0 Å². The van der Waals surface area contributed by atoms with E-state index in [0.29, 0.717) is 10.6 Å². The molecule has 4 heteroatoms. The van der Waals surface area contributed by atoms with Crippen LogP contribution in [-0.4, -0.2) is 19.6 Å². The fourth-order valence-electron chi connectivity index (χ4n) is 1.34. The van der Waals surface area contributed by atoms with Gasteiger partial charge in [-0.1, -0.05) is 11.6 Å². The fourth-order valence-corrected chi connectivity index (χ4v) is 1.57. The van der Waals surface area contributed by atoms with E-state index in [1.807, 2.05) is 19.9 Å². The SMILES string of the molecule is CCNc1cc(C)c(C(=O)OC)cc1Cl. The molecular weight excluding hydrogens is 214 g/mol. The van der Waals surface area contributed by atoms with Crippen molar-refractivity contribution in [2.75, 3.05) is 19.0 Å². The van der Waals surface area contributed by atoms with Crippen LogP contribution in [0.4, 0.5) is 5.69 Å². The zero-order chi connectivity index (χ0) is 11.4. The molecule has 0 atom stereocenters. The summed E-state index contributed by atoms with van der Waals surface area (Å²) in [6.07, 6.45) is 0. The molecule has 3 nitrogen and oxygen atoms in total. The molecule has 15 heavy (non-hydrogen) atoms. The quantitative estimate of drug-likeness (QED) is 0.807. The lowest BCUT2D eigenvalue weighted by Gasteiger charge is -2.10. The number of carbonyl (C=O) groups is 1. The average Bonchev–Trinajstić information content (AvgIpc) is 2.22. The predicted octanol–water partition coefficient (Wildman–Crippen LogP) is 2.87. The molecule has 0 aliphatic rings.